The van der Waals surface area contributed by atoms with Crippen LogP contribution in [0.25, 0.3) is 0 Å². The maximum atomic E-state index is 10.5. The monoisotopic (exact) mass is 77.0 g/mol. The lowest BCUT2D eigenvalue weighted by Crippen LogP contribution is -1.27. The smallest absolute Gasteiger partial charge is 0.253 e. The van der Waals surface area contributed by atoms with Crippen LogP contribution in [0.2, 0.25) is 0 Å². The van der Waals surface area contributed by atoms with Crippen molar-refractivity contribution in [3.05, 3.63) is 0 Å². The van der Waals surface area contributed by atoms with E-state index in [0.717, 1.165) is 0 Å². The van der Waals surface area contributed by atoms with Gasteiger partial charge in [0.05, 0.1) is 0 Å². The third-order valence-electron chi connectivity index (χ3n) is 0.0756. The second-order valence-electron chi connectivity index (χ2n) is 0.276. The van der Waals surface area contributed by atoms with Crippen molar-refractivity contribution in [3.63, 3.8) is 0 Å². The van der Waals surface area contributed by atoms with Gasteiger partial charge in [-0.2, -0.15) is 4.20 Å². The third-order valence-corrected chi connectivity index (χ3v) is 0.227. The van der Waals surface area contributed by atoms with E-state index in [-0.39, 0.29) is 8.68 Å². The van der Waals surface area contributed by atoms with Crippen molar-refractivity contribution in [2.45, 2.75) is 0 Å². The van der Waals surface area contributed by atoms with E-state index >= 15 is 0 Å². The van der Waals surface area contributed by atoms with Gasteiger partial charge in [0.25, 0.3) is 7.98 Å². The second-order valence-corrected chi connectivity index (χ2v) is 0.827. The van der Waals surface area contributed by atoms with Crippen molar-refractivity contribution in [2.75, 3.05) is 0 Å². The zero-order valence-electron chi connectivity index (χ0n) is 2.27. The molecule has 0 saturated heterocycles. The van der Waals surface area contributed by atoms with E-state index in [1.165, 1.54) is 7.98 Å². The first-order valence-corrected chi connectivity index (χ1v) is 1.55. The molecule has 0 aromatic rings. The molecule has 0 bridgehead atoms. The Labute approximate surface area is 26.7 Å². The lowest BCUT2D eigenvalue weighted by atomic mass is 10.5. The van der Waals surface area contributed by atoms with Crippen LogP contribution < -0.4 is 0 Å². The number of rotatable bonds is 0. The van der Waals surface area contributed by atoms with Crippen LogP contribution in [-0.2, 0) is 0 Å². The molecule has 22 valence electrons. The first kappa shape index (κ1) is 4.09. The van der Waals surface area contributed by atoms with Gasteiger partial charge in [-0.3, -0.25) is 0 Å². The maximum absolute atomic E-state index is 10.5. The Morgan fingerprint density at radius 2 is 2.25 bits per heavy atom. The Morgan fingerprint density at radius 1 is 2.00 bits per heavy atom. The predicted octanol–water partition coefficient (Wildman–Crippen LogP) is 0.549. The lowest BCUT2D eigenvalue weighted by Gasteiger charge is -1.45. The molecule has 0 rings (SSSR count). The minimum atomic E-state index is -0.377. The van der Waals surface area contributed by atoms with E-state index in [2.05, 4.69) is 4.66 Å². The summed E-state index contributed by atoms with van der Waals surface area (Å²) in [5.74, 6) is 0. The van der Waals surface area contributed by atoms with E-state index in [4.69, 9.17) is 0 Å². The summed E-state index contributed by atoms with van der Waals surface area (Å²) < 4.78 is 13.6. The number of halogens is 1. The van der Waals surface area contributed by atoms with Crippen LogP contribution in [0.4, 0.5) is 4.20 Å². The Morgan fingerprint density at radius 3 is 2.25 bits per heavy atom. The molecule has 0 unspecified atom stereocenters. The molecule has 0 aliphatic rings. The summed E-state index contributed by atoms with van der Waals surface area (Å²) in [6, 6.07) is 0. The topological polar surface area (TPSA) is 12.4 Å². The van der Waals surface area contributed by atoms with Crippen molar-refractivity contribution in [1.29, 1.82) is 0 Å². The molecule has 0 spiro atoms. The maximum Gasteiger partial charge on any atom is 0.253 e. The quantitative estimate of drug-likeness (QED) is 0.295. The number of hydrogen-bond donors (Lipinski definition) is 0. The molecule has 0 N–H and O–H groups in total. The average Bonchev–Trinajstić information content (AvgIpc) is 1.37. The highest BCUT2D eigenvalue weighted by molar-refractivity contribution is 7.21. The standard InChI is InChI=1S/BFH2NP/c1-3-4-2/h1H2. The highest BCUT2D eigenvalue weighted by atomic mass is 31.1. The van der Waals surface area contributed by atoms with Gasteiger partial charge in [-0.05, 0) is 0 Å². The Hall–Kier alpha value is 0.0949. The molecule has 0 fully saturated rings. The predicted molar refractivity (Wildman–Crippen MR) is 19.0 cm³/mol. The van der Waals surface area contributed by atoms with Crippen molar-refractivity contribution in [2.24, 2.45) is 4.66 Å². The first-order chi connectivity index (χ1) is 1.91. The largest absolute Gasteiger partial charge is 0.308 e. The summed E-state index contributed by atoms with van der Waals surface area (Å²) in [6.07, 6.45) is 0. The zero-order valence-corrected chi connectivity index (χ0v) is 3.17. The minimum Gasteiger partial charge on any atom is -0.308 e. The van der Waals surface area contributed by atoms with Crippen LogP contribution in [0.5, 0.6) is 0 Å². The van der Waals surface area contributed by atoms with Gasteiger partial charge in [-0.15, -0.1) is 0 Å². The zero-order chi connectivity index (χ0) is 3.41. The van der Waals surface area contributed by atoms with E-state index < -0.39 is 0 Å². The first-order valence-electron chi connectivity index (χ1n) is 0.816. The summed E-state index contributed by atoms with van der Waals surface area (Å²) in [5, 5.41) is 0. The van der Waals surface area contributed by atoms with Crippen LogP contribution in [0.1, 0.15) is 0 Å². The van der Waals surface area contributed by atoms with Gasteiger partial charge in [-0.25, -0.2) is 0 Å². The second kappa shape index (κ2) is 3.09. The Balaban J connectivity index is 2.55. The summed E-state index contributed by atoms with van der Waals surface area (Å²) in [5.41, 5.74) is 0. The molecule has 0 amide bonds. The highest BCUT2D eigenvalue weighted by Gasteiger charge is 1.42. The van der Waals surface area contributed by atoms with E-state index in [1.807, 2.05) is 0 Å². The van der Waals surface area contributed by atoms with Gasteiger partial charge in [0, 0.05) is 0 Å². The SMILES string of the molecule is B/N=P/F. The minimum absolute atomic E-state index is 0.377. The van der Waals surface area contributed by atoms with Crippen LogP contribution in [0.15, 0.2) is 4.66 Å². The van der Waals surface area contributed by atoms with Gasteiger partial charge in [0.15, 0.2) is 0 Å². The number of hydrogen-bond acceptors (Lipinski definition) is 1. The van der Waals surface area contributed by atoms with E-state index in [0.29, 0.717) is 0 Å². The van der Waals surface area contributed by atoms with Crippen LogP contribution in [0.3, 0.4) is 0 Å². The molecule has 0 aliphatic heterocycles. The summed E-state index contributed by atoms with van der Waals surface area (Å²) in [4.78, 5) is 0. The van der Waals surface area contributed by atoms with Crippen LogP contribution in [-0.4, -0.2) is 7.98 Å². The summed E-state index contributed by atoms with van der Waals surface area (Å²) >= 11 is 0. The number of nitrogens with zero attached hydrogens (tertiary/aromatic N) is 1. The molecule has 0 atom stereocenters. The van der Waals surface area contributed by atoms with Gasteiger partial charge in [-0.1, -0.05) is 0 Å². The molecule has 0 aliphatic carbocycles. The molecular formula is H2BFNP. The average molecular weight is 76.8 g/mol. The summed E-state index contributed by atoms with van der Waals surface area (Å²) in [7, 11) is 1.04. The molecular weight excluding hydrogens is 74.8 g/mol. The molecule has 4 heavy (non-hydrogen) atoms. The van der Waals surface area contributed by atoms with E-state index in [1.54, 1.807) is 0 Å². The highest BCUT2D eigenvalue weighted by Crippen LogP contribution is 1.92. The van der Waals surface area contributed by atoms with Gasteiger partial charge < -0.3 is 4.66 Å². The van der Waals surface area contributed by atoms with E-state index in [9.17, 15) is 4.20 Å². The van der Waals surface area contributed by atoms with Crippen molar-refractivity contribution in [3.8, 4) is 0 Å². The normalized spacial score (nSPS) is 9.25. The molecule has 0 saturated carbocycles. The van der Waals surface area contributed by atoms with Crippen LogP contribution >= 0.6 is 8.68 Å². The van der Waals surface area contributed by atoms with Gasteiger partial charge >= 0.3 is 0 Å². The summed E-state index contributed by atoms with van der Waals surface area (Å²) in [6.45, 7) is 0. The van der Waals surface area contributed by atoms with Crippen molar-refractivity contribution < 1.29 is 4.20 Å². The van der Waals surface area contributed by atoms with Crippen molar-refractivity contribution >= 4 is 16.7 Å². The molecule has 0 radical (unpaired) electrons. The fourth-order valence-corrected chi connectivity index (χ4v) is 0. The fourth-order valence-electron chi connectivity index (χ4n) is 0. The molecule has 1 nitrogen and oxygen atoms in total. The van der Waals surface area contributed by atoms with Gasteiger partial charge in [0.2, 0.25) is 8.68 Å². The Bertz CT molecular complexity index is 23.2. The third kappa shape index (κ3) is 2.09. The molecule has 4 heteroatoms. The van der Waals surface area contributed by atoms with Crippen LogP contribution in [0, 0.1) is 0 Å². The molecule has 0 aromatic heterocycles. The lowest BCUT2D eigenvalue weighted by molar-refractivity contribution is 0.930. The van der Waals surface area contributed by atoms with Gasteiger partial charge in [0.1, 0.15) is 0 Å². The Kier molecular flexibility index (Phi) is 3.17. The molecule has 0 heterocycles. The fraction of sp³-hybridized carbons (Fsp3) is 0. The molecule has 0 aromatic carbocycles. The van der Waals surface area contributed by atoms with Crippen molar-refractivity contribution in [1.82, 2.24) is 0 Å².